The Labute approximate surface area is 61.3 Å². The molecule has 1 heterocycles. The Morgan fingerprint density at radius 2 is 2.56 bits per heavy atom. The molecule has 0 aromatic carbocycles. The van der Waals surface area contributed by atoms with Crippen molar-refractivity contribution in [2.45, 2.75) is 0 Å². The fraction of sp³-hybridized carbons (Fsp3) is 0. The van der Waals surface area contributed by atoms with Crippen molar-refractivity contribution in [3.63, 3.8) is 0 Å². The van der Waals surface area contributed by atoms with Crippen LogP contribution in [0.4, 0.5) is 0 Å². The molecule has 0 aliphatic carbocycles. The summed E-state index contributed by atoms with van der Waals surface area (Å²) in [5.41, 5.74) is 0.542. The molecule has 2 nitrogen and oxygen atoms in total. The highest BCUT2D eigenvalue weighted by Gasteiger charge is 1.89. The van der Waals surface area contributed by atoms with Gasteiger partial charge in [-0.2, -0.15) is 5.26 Å². The largest absolute Gasteiger partial charge is 0.252 e. The summed E-state index contributed by atoms with van der Waals surface area (Å²) < 4.78 is 0.710. The second kappa shape index (κ2) is 2.60. The van der Waals surface area contributed by atoms with E-state index in [1.165, 1.54) is 6.20 Å². The quantitative estimate of drug-likeness (QED) is 0.609. The second-order valence-corrected chi connectivity index (χ2v) is 2.28. The van der Waals surface area contributed by atoms with Crippen LogP contribution >= 0.6 is 15.9 Å². The van der Waals surface area contributed by atoms with Crippen LogP contribution in [0.1, 0.15) is 5.56 Å². The third kappa shape index (κ3) is 1.51. The molecular formula is C6H2BrN2. The number of pyridine rings is 1. The lowest BCUT2D eigenvalue weighted by molar-refractivity contribution is 1.27. The van der Waals surface area contributed by atoms with Crippen LogP contribution in [-0.4, -0.2) is 4.98 Å². The van der Waals surface area contributed by atoms with E-state index in [1.807, 2.05) is 6.07 Å². The van der Waals surface area contributed by atoms with E-state index in [0.29, 0.717) is 10.0 Å². The Bertz CT molecular complexity index is 251. The van der Waals surface area contributed by atoms with Crippen LogP contribution in [0, 0.1) is 17.5 Å². The average molecular weight is 182 g/mol. The Morgan fingerprint density at radius 3 is 3.00 bits per heavy atom. The summed E-state index contributed by atoms with van der Waals surface area (Å²) in [6, 6.07) is 3.62. The highest BCUT2D eigenvalue weighted by molar-refractivity contribution is 9.10. The predicted octanol–water partition coefficient (Wildman–Crippen LogP) is 1.52. The van der Waals surface area contributed by atoms with E-state index in [1.54, 1.807) is 6.07 Å². The third-order valence-corrected chi connectivity index (χ3v) is 1.19. The highest BCUT2D eigenvalue weighted by Crippen LogP contribution is 2.06. The number of aromatic nitrogens is 1. The molecule has 0 spiro atoms. The molecule has 0 saturated heterocycles. The fourth-order valence-electron chi connectivity index (χ4n) is 0.431. The lowest BCUT2D eigenvalue weighted by Crippen LogP contribution is -1.76. The zero-order valence-corrected chi connectivity index (χ0v) is 6.01. The Morgan fingerprint density at radius 1 is 1.78 bits per heavy atom. The van der Waals surface area contributed by atoms with E-state index in [-0.39, 0.29) is 0 Å². The second-order valence-electron chi connectivity index (χ2n) is 1.43. The Hall–Kier alpha value is -0.880. The lowest BCUT2D eigenvalue weighted by atomic mass is 10.3. The fourth-order valence-corrected chi connectivity index (χ4v) is 0.780. The molecule has 0 amide bonds. The summed E-state index contributed by atoms with van der Waals surface area (Å²) in [6.07, 6.45) is 4.08. The van der Waals surface area contributed by atoms with Crippen molar-refractivity contribution in [3.05, 3.63) is 28.5 Å². The molecule has 43 valence electrons. The minimum atomic E-state index is 0.542. The number of nitriles is 1. The molecule has 0 fully saturated rings. The van der Waals surface area contributed by atoms with Crippen LogP contribution in [0.3, 0.4) is 0 Å². The first kappa shape index (κ1) is 6.24. The SMILES string of the molecule is N#Cc1cn[c]c(Br)c1. The van der Waals surface area contributed by atoms with E-state index in [0.717, 1.165) is 0 Å². The van der Waals surface area contributed by atoms with Crippen molar-refractivity contribution >= 4 is 15.9 Å². The molecule has 0 unspecified atom stereocenters. The maximum Gasteiger partial charge on any atom is 0.104 e. The van der Waals surface area contributed by atoms with Crippen molar-refractivity contribution in [2.75, 3.05) is 0 Å². The van der Waals surface area contributed by atoms with Gasteiger partial charge in [-0.25, -0.2) is 0 Å². The molecule has 3 heteroatoms. The number of hydrogen-bond acceptors (Lipinski definition) is 2. The number of nitrogens with zero attached hydrogens (tertiary/aromatic N) is 2. The summed E-state index contributed by atoms with van der Waals surface area (Å²) in [6.45, 7) is 0. The Balaban J connectivity index is 3.12. The highest BCUT2D eigenvalue weighted by atomic mass is 79.9. The normalized spacial score (nSPS) is 8.44. The van der Waals surface area contributed by atoms with Gasteiger partial charge >= 0.3 is 0 Å². The van der Waals surface area contributed by atoms with Crippen molar-refractivity contribution in [3.8, 4) is 6.07 Å². The molecule has 0 N–H and O–H groups in total. The van der Waals surface area contributed by atoms with E-state index in [2.05, 4.69) is 27.1 Å². The smallest absolute Gasteiger partial charge is 0.104 e. The molecule has 1 radical (unpaired) electrons. The summed E-state index contributed by atoms with van der Waals surface area (Å²) in [5.74, 6) is 0. The molecule has 1 aromatic heterocycles. The minimum Gasteiger partial charge on any atom is -0.252 e. The number of halogens is 1. The van der Waals surface area contributed by atoms with E-state index in [4.69, 9.17) is 5.26 Å². The van der Waals surface area contributed by atoms with Gasteiger partial charge in [0.05, 0.1) is 5.56 Å². The van der Waals surface area contributed by atoms with Gasteiger partial charge in [-0.1, -0.05) is 0 Å². The van der Waals surface area contributed by atoms with Gasteiger partial charge in [0.25, 0.3) is 0 Å². The van der Waals surface area contributed by atoms with Gasteiger partial charge in [-0.15, -0.1) is 0 Å². The molecule has 0 aliphatic heterocycles. The predicted molar refractivity (Wildman–Crippen MR) is 35.5 cm³/mol. The van der Waals surface area contributed by atoms with E-state index < -0.39 is 0 Å². The maximum atomic E-state index is 8.34. The monoisotopic (exact) mass is 181 g/mol. The van der Waals surface area contributed by atoms with Crippen molar-refractivity contribution in [1.29, 1.82) is 5.26 Å². The molecule has 0 bridgehead atoms. The van der Waals surface area contributed by atoms with Gasteiger partial charge in [0.2, 0.25) is 0 Å². The lowest BCUT2D eigenvalue weighted by Gasteiger charge is -1.85. The van der Waals surface area contributed by atoms with Gasteiger partial charge < -0.3 is 0 Å². The standard InChI is InChI=1S/C6H2BrN2/c7-6-1-5(2-8)3-9-4-6/h1,3H. The molecule has 1 rings (SSSR count). The number of hydrogen-bond donors (Lipinski definition) is 0. The molecule has 1 aromatic rings. The van der Waals surface area contributed by atoms with E-state index >= 15 is 0 Å². The summed E-state index contributed by atoms with van der Waals surface area (Å²) in [4.78, 5) is 3.66. The molecular weight excluding hydrogens is 180 g/mol. The maximum absolute atomic E-state index is 8.34. The zero-order chi connectivity index (χ0) is 6.69. The van der Waals surface area contributed by atoms with Crippen LogP contribution in [-0.2, 0) is 0 Å². The summed E-state index contributed by atoms with van der Waals surface area (Å²) >= 11 is 3.13. The molecule has 0 aliphatic rings. The first-order valence-corrected chi connectivity index (χ1v) is 3.05. The number of rotatable bonds is 0. The van der Waals surface area contributed by atoms with Crippen LogP contribution in [0.2, 0.25) is 0 Å². The molecule has 9 heavy (non-hydrogen) atoms. The molecule has 0 atom stereocenters. The van der Waals surface area contributed by atoms with Gasteiger partial charge in [0.1, 0.15) is 12.3 Å². The zero-order valence-electron chi connectivity index (χ0n) is 4.43. The van der Waals surface area contributed by atoms with Crippen molar-refractivity contribution in [1.82, 2.24) is 4.98 Å². The van der Waals surface area contributed by atoms with Gasteiger partial charge in [0.15, 0.2) is 0 Å². The first-order chi connectivity index (χ1) is 4.33. The topological polar surface area (TPSA) is 36.7 Å². The van der Waals surface area contributed by atoms with Gasteiger partial charge in [-0.05, 0) is 22.0 Å². The molecule has 0 saturated carbocycles. The summed E-state index contributed by atoms with van der Waals surface area (Å²) in [5, 5.41) is 8.34. The summed E-state index contributed by atoms with van der Waals surface area (Å²) in [7, 11) is 0. The third-order valence-electron chi connectivity index (χ3n) is 0.786. The first-order valence-electron chi connectivity index (χ1n) is 2.26. The van der Waals surface area contributed by atoms with Gasteiger partial charge in [0, 0.05) is 10.7 Å². The van der Waals surface area contributed by atoms with Crippen LogP contribution in [0.5, 0.6) is 0 Å². The van der Waals surface area contributed by atoms with Gasteiger partial charge in [-0.3, -0.25) is 4.98 Å². The van der Waals surface area contributed by atoms with Crippen molar-refractivity contribution in [2.24, 2.45) is 0 Å². The van der Waals surface area contributed by atoms with Crippen LogP contribution < -0.4 is 0 Å². The van der Waals surface area contributed by atoms with E-state index in [9.17, 15) is 0 Å². The average Bonchev–Trinajstić information content (AvgIpc) is 1.88. The van der Waals surface area contributed by atoms with Crippen molar-refractivity contribution < 1.29 is 0 Å². The van der Waals surface area contributed by atoms with Crippen LogP contribution in [0.25, 0.3) is 0 Å². The minimum absolute atomic E-state index is 0.542. The Kier molecular flexibility index (Phi) is 1.81. The van der Waals surface area contributed by atoms with Crippen LogP contribution in [0.15, 0.2) is 16.7 Å².